The van der Waals surface area contributed by atoms with Gasteiger partial charge in [-0.25, -0.2) is 0 Å². The highest BCUT2D eigenvalue weighted by molar-refractivity contribution is 7.19. The fourth-order valence-electron chi connectivity index (χ4n) is 3.05. The third-order valence-corrected chi connectivity index (χ3v) is 5.16. The first-order valence-corrected chi connectivity index (χ1v) is 8.54. The van der Waals surface area contributed by atoms with Crippen LogP contribution < -0.4 is 16.6 Å². The van der Waals surface area contributed by atoms with Crippen molar-refractivity contribution >= 4 is 33.9 Å². The lowest BCUT2D eigenvalue weighted by molar-refractivity contribution is 0.0880. The predicted molar refractivity (Wildman–Crippen MR) is 95.9 cm³/mol. The van der Waals surface area contributed by atoms with Gasteiger partial charge in [-0.05, 0) is 12.1 Å². The Hall–Kier alpha value is -3.86. The lowest BCUT2D eigenvalue weighted by Gasteiger charge is -2.14. The van der Waals surface area contributed by atoms with E-state index < -0.39 is 17.4 Å². The Morgan fingerprint density at radius 2 is 1.89 bits per heavy atom. The largest absolute Gasteiger partial charge is 0.384 e. The zero-order valence-electron chi connectivity index (χ0n) is 13.4. The van der Waals surface area contributed by atoms with Gasteiger partial charge in [0.15, 0.2) is 0 Å². The first kappa shape index (κ1) is 15.4. The van der Waals surface area contributed by atoms with Gasteiger partial charge in [0.05, 0.1) is 16.8 Å². The first-order valence-electron chi connectivity index (χ1n) is 7.72. The first-order chi connectivity index (χ1) is 13.0. The van der Waals surface area contributed by atoms with E-state index in [1.165, 1.54) is 26.7 Å². The summed E-state index contributed by atoms with van der Waals surface area (Å²) in [4.78, 5) is 37.2. The summed E-state index contributed by atoms with van der Waals surface area (Å²) in [5, 5.41) is 14.9. The smallest absolute Gasteiger partial charge is 0.262 e. The molecule has 0 atom stereocenters. The van der Waals surface area contributed by atoms with Crippen LogP contribution in [-0.4, -0.2) is 36.2 Å². The van der Waals surface area contributed by atoms with Gasteiger partial charge in [0, 0.05) is 11.6 Å². The average Bonchev–Trinajstić information content (AvgIpc) is 3.29. The maximum absolute atomic E-state index is 12.7. The van der Waals surface area contributed by atoms with E-state index >= 15 is 0 Å². The van der Waals surface area contributed by atoms with Crippen molar-refractivity contribution in [2.24, 2.45) is 0 Å². The number of fused-ring (bicyclic) bond motifs is 2. The number of hydrogen-bond acceptors (Lipinski definition) is 8. The minimum absolute atomic E-state index is 0.00690. The molecule has 0 bridgehead atoms. The molecule has 0 fully saturated rings. The molecule has 0 saturated heterocycles. The quantitative estimate of drug-likeness (QED) is 0.483. The van der Waals surface area contributed by atoms with Gasteiger partial charge in [-0.1, -0.05) is 23.5 Å². The molecule has 27 heavy (non-hydrogen) atoms. The van der Waals surface area contributed by atoms with Crippen molar-refractivity contribution in [1.29, 1.82) is 0 Å². The molecule has 3 aromatic heterocycles. The van der Waals surface area contributed by atoms with E-state index in [0.717, 1.165) is 6.07 Å². The Morgan fingerprint density at radius 3 is 2.70 bits per heavy atom. The van der Waals surface area contributed by atoms with Crippen LogP contribution in [0.5, 0.6) is 0 Å². The van der Waals surface area contributed by atoms with E-state index in [9.17, 15) is 14.4 Å². The van der Waals surface area contributed by atoms with Crippen molar-refractivity contribution in [2.75, 3.05) is 5.73 Å². The van der Waals surface area contributed by atoms with Crippen LogP contribution in [0.3, 0.4) is 0 Å². The lowest BCUT2D eigenvalue weighted by atomic mass is 10.1. The number of imide groups is 1. The summed E-state index contributed by atoms with van der Waals surface area (Å²) >= 11 is 1.29. The number of carbonyl (C=O) groups excluding carboxylic acids is 2. The molecular formula is C16H9N7O3S. The number of nitrogens with two attached hydrogens (primary N) is 1. The maximum atomic E-state index is 12.7. The lowest BCUT2D eigenvalue weighted by Crippen LogP contribution is -2.24. The number of amides is 2. The normalized spacial score (nSPS) is 13.2. The zero-order valence-corrected chi connectivity index (χ0v) is 14.2. The maximum Gasteiger partial charge on any atom is 0.262 e. The molecular weight excluding hydrogens is 370 g/mol. The van der Waals surface area contributed by atoms with E-state index in [1.54, 1.807) is 24.3 Å². The Morgan fingerprint density at radius 1 is 1.07 bits per heavy atom. The Kier molecular flexibility index (Phi) is 3.03. The molecule has 5 rings (SSSR count). The number of aromatic nitrogens is 5. The van der Waals surface area contributed by atoms with Crippen molar-refractivity contribution in [2.45, 2.75) is 0 Å². The van der Waals surface area contributed by atoms with E-state index in [1.807, 2.05) is 0 Å². The summed E-state index contributed by atoms with van der Waals surface area (Å²) in [6, 6.07) is 8.12. The molecule has 0 aliphatic carbocycles. The van der Waals surface area contributed by atoms with Crippen LogP contribution >= 0.6 is 11.3 Å². The second-order valence-corrected chi connectivity index (χ2v) is 6.71. The highest BCUT2D eigenvalue weighted by atomic mass is 32.1. The van der Waals surface area contributed by atoms with E-state index in [4.69, 9.17) is 5.73 Å². The van der Waals surface area contributed by atoms with Crippen LogP contribution in [0.15, 0.2) is 41.5 Å². The van der Waals surface area contributed by atoms with Gasteiger partial charge < -0.3 is 5.73 Å². The summed E-state index contributed by atoms with van der Waals surface area (Å²) in [5.74, 6) is -1.36. The van der Waals surface area contributed by atoms with Gasteiger partial charge in [0.1, 0.15) is 17.2 Å². The molecule has 0 spiro atoms. The Labute approximate surface area is 153 Å². The second kappa shape index (κ2) is 5.32. The number of carbonyl (C=O) groups is 2. The Balaban J connectivity index is 1.79. The van der Waals surface area contributed by atoms with Gasteiger partial charge in [-0.3, -0.25) is 24.3 Å². The highest BCUT2D eigenvalue weighted by Gasteiger charge is 2.32. The van der Waals surface area contributed by atoms with Gasteiger partial charge >= 0.3 is 0 Å². The Bertz CT molecular complexity index is 1310. The number of anilines is 1. The topological polar surface area (TPSA) is 137 Å². The highest BCUT2D eigenvalue weighted by Crippen LogP contribution is 2.32. The standard InChI is InChI=1S/C16H9N7O3S/c17-12-11-8(13(25)19-14(11)26)5-10(24)23(12)9-4-2-1-3-7(9)15-21-22-6-18-20-16(22)27-15/h1-6H,17H2,(H,19,25,26). The van der Waals surface area contributed by atoms with Crippen molar-refractivity contribution in [3.8, 4) is 16.3 Å². The summed E-state index contributed by atoms with van der Waals surface area (Å²) in [7, 11) is 0. The van der Waals surface area contributed by atoms with Crippen molar-refractivity contribution in [3.05, 3.63) is 58.1 Å². The van der Waals surface area contributed by atoms with Gasteiger partial charge in [-0.15, -0.1) is 10.2 Å². The molecule has 132 valence electrons. The minimum Gasteiger partial charge on any atom is -0.384 e. The SMILES string of the molecule is Nc1c2c(cc(=O)n1-c1ccccc1-c1nn3cnnc3s1)C(=O)NC2=O. The molecule has 4 heterocycles. The summed E-state index contributed by atoms with van der Waals surface area (Å²) < 4.78 is 2.73. The minimum atomic E-state index is -0.632. The van der Waals surface area contributed by atoms with Crippen LogP contribution in [0.25, 0.3) is 21.2 Å². The van der Waals surface area contributed by atoms with Crippen LogP contribution in [-0.2, 0) is 0 Å². The van der Waals surface area contributed by atoms with E-state index in [2.05, 4.69) is 20.6 Å². The van der Waals surface area contributed by atoms with Crippen molar-refractivity contribution < 1.29 is 9.59 Å². The summed E-state index contributed by atoms with van der Waals surface area (Å²) in [6.07, 6.45) is 1.48. The van der Waals surface area contributed by atoms with Gasteiger partial charge in [-0.2, -0.15) is 9.61 Å². The number of nitrogen functional groups attached to an aromatic ring is 1. The average molecular weight is 379 g/mol. The van der Waals surface area contributed by atoms with Crippen LogP contribution in [0.1, 0.15) is 20.7 Å². The second-order valence-electron chi connectivity index (χ2n) is 5.76. The molecule has 11 heteroatoms. The fourth-order valence-corrected chi connectivity index (χ4v) is 3.90. The molecule has 10 nitrogen and oxygen atoms in total. The number of benzene rings is 1. The fraction of sp³-hybridized carbons (Fsp3) is 0. The summed E-state index contributed by atoms with van der Waals surface area (Å²) in [6.45, 7) is 0. The number of rotatable bonds is 2. The number of para-hydroxylation sites is 1. The molecule has 0 saturated carbocycles. The third kappa shape index (κ3) is 2.12. The molecule has 4 aromatic rings. The number of nitrogens with zero attached hydrogens (tertiary/aromatic N) is 5. The molecule has 3 N–H and O–H groups in total. The van der Waals surface area contributed by atoms with Crippen LogP contribution in [0, 0.1) is 0 Å². The van der Waals surface area contributed by atoms with Crippen LogP contribution in [0.4, 0.5) is 5.82 Å². The van der Waals surface area contributed by atoms with Crippen LogP contribution in [0.2, 0.25) is 0 Å². The van der Waals surface area contributed by atoms with Gasteiger partial charge in [0.2, 0.25) is 4.96 Å². The predicted octanol–water partition coefficient (Wildman–Crippen LogP) is 0.469. The number of hydrogen-bond donors (Lipinski definition) is 2. The molecule has 0 radical (unpaired) electrons. The molecule has 2 amide bonds. The number of nitrogens with one attached hydrogen (secondary N) is 1. The molecule has 1 aliphatic heterocycles. The molecule has 1 aliphatic rings. The number of pyridine rings is 1. The summed E-state index contributed by atoms with van der Waals surface area (Å²) in [5.41, 5.74) is 6.66. The molecule has 0 unspecified atom stereocenters. The third-order valence-electron chi connectivity index (χ3n) is 4.22. The van der Waals surface area contributed by atoms with E-state index in [-0.39, 0.29) is 16.9 Å². The van der Waals surface area contributed by atoms with E-state index in [0.29, 0.717) is 21.2 Å². The van der Waals surface area contributed by atoms with Crippen molar-refractivity contribution in [1.82, 2.24) is 29.7 Å². The van der Waals surface area contributed by atoms with Gasteiger partial charge in [0.25, 0.3) is 17.4 Å². The zero-order chi connectivity index (χ0) is 18.7. The monoisotopic (exact) mass is 379 g/mol. The molecule has 1 aromatic carbocycles. The van der Waals surface area contributed by atoms with Crippen molar-refractivity contribution in [3.63, 3.8) is 0 Å².